The summed E-state index contributed by atoms with van der Waals surface area (Å²) in [5.74, 6) is -4.91. The van der Waals surface area contributed by atoms with Gasteiger partial charge in [-0.05, 0) is 12.8 Å². The van der Waals surface area contributed by atoms with Gasteiger partial charge in [0, 0.05) is 6.04 Å². The molecule has 0 aliphatic carbocycles. The third kappa shape index (κ3) is 3.19. The van der Waals surface area contributed by atoms with Crippen molar-refractivity contribution in [3.05, 3.63) is 0 Å². The van der Waals surface area contributed by atoms with Crippen molar-refractivity contribution in [2.45, 2.75) is 44.9 Å². The zero-order valence-electron chi connectivity index (χ0n) is 9.08. The van der Waals surface area contributed by atoms with Gasteiger partial charge in [-0.15, -0.1) is 0 Å². The van der Waals surface area contributed by atoms with Crippen LogP contribution in [0.3, 0.4) is 0 Å². The Hall–Kier alpha value is -0.590. The molecule has 6 heteroatoms. The van der Waals surface area contributed by atoms with Gasteiger partial charge in [0.1, 0.15) is 12.1 Å². The summed E-state index contributed by atoms with van der Waals surface area (Å²) in [5, 5.41) is 9.33. The molecule has 0 aliphatic heterocycles. The fourth-order valence-electron chi connectivity index (χ4n) is 1.08. The molecule has 90 valence electrons. The number of aliphatic hydroxyl groups is 1. The van der Waals surface area contributed by atoms with Crippen molar-refractivity contribution in [3.63, 3.8) is 0 Å². The Labute approximate surface area is 87.6 Å². The molecule has 3 unspecified atom stereocenters. The predicted molar refractivity (Wildman–Crippen MR) is 52.4 cm³/mol. The predicted octanol–water partition coefficient (Wildman–Crippen LogP) is -0.118. The molecule has 0 aromatic heterocycles. The SMILES string of the molecule is CC(=O)C(N)C(F)(F)C(O)C(N)C(C)C. The van der Waals surface area contributed by atoms with Gasteiger partial charge in [0.2, 0.25) is 0 Å². The molecule has 0 rings (SSSR count). The molecule has 0 aliphatic rings. The van der Waals surface area contributed by atoms with Crippen LogP contribution in [-0.4, -0.2) is 35.0 Å². The first-order valence-electron chi connectivity index (χ1n) is 4.69. The van der Waals surface area contributed by atoms with Gasteiger partial charge in [-0.2, -0.15) is 0 Å². The fourth-order valence-corrected chi connectivity index (χ4v) is 1.08. The lowest BCUT2D eigenvalue weighted by Gasteiger charge is -2.32. The summed E-state index contributed by atoms with van der Waals surface area (Å²) in [7, 11) is 0. The highest BCUT2D eigenvalue weighted by atomic mass is 19.3. The number of hydrogen-bond donors (Lipinski definition) is 3. The molecule has 0 spiro atoms. The van der Waals surface area contributed by atoms with Crippen LogP contribution in [0.15, 0.2) is 0 Å². The monoisotopic (exact) mass is 224 g/mol. The van der Waals surface area contributed by atoms with Gasteiger partial charge in [-0.1, -0.05) is 13.8 Å². The Balaban J connectivity index is 4.78. The number of rotatable bonds is 5. The van der Waals surface area contributed by atoms with Crippen LogP contribution in [0.4, 0.5) is 8.78 Å². The van der Waals surface area contributed by atoms with Crippen LogP contribution in [-0.2, 0) is 4.79 Å². The Morgan fingerprint density at radius 2 is 1.73 bits per heavy atom. The molecule has 4 nitrogen and oxygen atoms in total. The maximum atomic E-state index is 13.4. The first-order chi connectivity index (χ1) is 6.62. The zero-order valence-corrected chi connectivity index (χ0v) is 9.08. The van der Waals surface area contributed by atoms with E-state index in [4.69, 9.17) is 11.5 Å². The molecule has 0 saturated carbocycles. The van der Waals surface area contributed by atoms with E-state index in [2.05, 4.69) is 0 Å². The van der Waals surface area contributed by atoms with Gasteiger partial charge in [0.15, 0.2) is 5.78 Å². The summed E-state index contributed by atoms with van der Waals surface area (Å²) in [5.41, 5.74) is 10.4. The van der Waals surface area contributed by atoms with Crippen molar-refractivity contribution in [1.29, 1.82) is 0 Å². The molecule has 15 heavy (non-hydrogen) atoms. The van der Waals surface area contributed by atoms with Crippen LogP contribution in [0.2, 0.25) is 0 Å². The molecule has 0 bridgehead atoms. The van der Waals surface area contributed by atoms with Gasteiger partial charge in [0.25, 0.3) is 5.92 Å². The topological polar surface area (TPSA) is 89.3 Å². The summed E-state index contributed by atoms with van der Waals surface area (Å²) in [6.07, 6.45) is -2.11. The Morgan fingerprint density at radius 3 is 2.00 bits per heavy atom. The second-order valence-electron chi connectivity index (χ2n) is 4.03. The second-order valence-corrected chi connectivity index (χ2v) is 4.03. The van der Waals surface area contributed by atoms with Crippen LogP contribution in [0.25, 0.3) is 0 Å². The minimum atomic E-state index is -3.70. The number of carbonyl (C=O) groups is 1. The van der Waals surface area contributed by atoms with E-state index in [-0.39, 0.29) is 5.92 Å². The van der Waals surface area contributed by atoms with E-state index < -0.39 is 29.9 Å². The average molecular weight is 224 g/mol. The second kappa shape index (κ2) is 4.96. The molecule has 3 atom stereocenters. The van der Waals surface area contributed by atoms with Crippen LogP contribution < -0.4 is 11.5 Å². The van der Waals surface area contributed by atoms with Crippen molar-refractivity contribution in [2.24, 2.45) is 17.4 Å². The van der Waals surface area contributed by atoms with Crippen molar-refractivity contribution >= 4 is 5.78 Å². The number of ketones is 1. The number of Topliss-reactive ketones (excluding diaryl/α,β-unsaturated/α-hetero) is 1. The van der Waals surface area contributed by atoms with E-state index in [1.165, 1.54) is 0 Å². The Kier molecular flexibility index (Phi) is 4.76. The smallest absolute Gasteiger partial charge is 0.296 e. The molecule has 0 aromatic carbocycles. The third-order valence-electron chi connectivity index (χ3n) is 2.38. The molecule has 0 radical (unpaired) electrons. The van der Waals surface area contributed by atoms with Gasteiger partial charge >= 0.3 is 0 Å². The van der Waals surface area contributed by atoms with Crippen LogP contribution in [0.1, 0.15) is 20.8 Å². The number of alkyl halides is 2. The van der Waals surface area contributed by atoms with Crippen LogP contribution >= 0.6 is 0 Å². The first kappa shape index (κ1) is 14.4. The summed E-state index contributed by atoms with van der Waals surface area (Å²) in [4.78, 5) is 10.7. The summed E-state index contributed by atoms with van der Waals surface area (Å²) in [6.45, 7) is 4.15. The van der Waals surface area contributed by atoms with Crippen LogP contribution in [0, 0.1) is 5.92 Å². The van der Waals surface area contributed by atoms with Crippen molar-refractivity contribution < 1.29 is 18.7 Å². The van der Waals surface area contributed by atoms with Crippen LogP contribution in [0.5, 0.6) is 0 Å². The Morgan fingerprint density at radius 1 is 1.33 bits per heavy atom. The number of aliphatic hydroxyl groups excluding tert-OH is 1. The minimum Gasteiger partial charge on any atom is -0.385 e. The van der Waals surface area contributed by atoms with Crippen molar-refractivity contribution in [2.75, 3.05) is 0 Å². The van der Waals surface area contributed by atoms with E-state index in [1.807, 2.05) is 0 Å². The highest BCUT2D eigenvalue weighted by Gasteiger charge is 2.49. The number of hydrogen-bond acceptors (Lipinski definition) is 4. The zero-order chi connectivity index (χ0) is 12.4. The third-order valence-corrected chi connectivity index (χ3v) is 2.38. The minimum absolute atomic E-state index is 0.329. The maximum absolute atomic E-state index is 13.4. The molecule has 0 heterocycles. The summed E-state index contributed by atoms with van der Waals surface area (Å²) < 4.78 is 26.8. The molecule has 0 saturated heterocycles. The van der Waals surface area contributed by atoms with Gasteiger partial charge in [-0.25, -0.2) is 8.78 Å². The molecule has 0 aromatic rings. The quantitative estimate of drug-likeness (QED) is 0.607. The fraction of sp³-hybridized carbons (Fsp3) is 0.889. The van der Waals surface area contributed by atoms with E-state index in [0.29, 0.717) is 0 Å². The van der Waals surface area contributed by atoms with Crippen molar-refractivity contribution in [1.82, 2.24) is 0 Å². The Bertz CT molecular complexity index is 234. The summed E-state index contributed by atoms with van der Waals surface area (Å²) in [6, 6.07) is -3.14. The lowest BCUT2D eigenvalue weighted by molar-refractivity contribution is -0.152. The lowest BCUT2D eigenvalue weighted by atomic mass is 9.91. The highest BCUT2D eigenvalue weighted by molar-refractivity contribution is 5.82. The molecular formula is C9H18F2N2O2. The number of carbonyl (C=O) groups excluding carboxylic acids is 1. The molecule has 0 amide bonds. The molecule has 5 N–H and O–H groups in total. The van der Waals surface area contributed by atoms with Gasteiger partial charge in [-0.3, -0.25) is 4.79 Å². The maximum Gasteiger partial charge on any atom is 0.296 e. The average Bonchev–Trinajstić information content (AvgIpc) is 2.13. The van der Waals surface area contributed by atoms with E-state index >= 15 is 0 Å². The normalized spacial score (nSPS) is 18.7. The van der Waals surface area contributed by atoms with E-state index in [9.17, 15) is 18.7 Å². The van der Waals surface area contributed by atoms with E-state index in [1.54, 1.807) is 13.8 Å². The number of nitrogens with two attached hydrogens (primary N) is 2. The number of halogens is 2. The summed E-state index contributed by atoms with van der Waals surface area (Å²) >= 11 is 0. The lowest BCUT2D eigenvalue weighted by Crippen LogP contribution is -2.59. The highest BCUT2D eigenvalue weighted by Crippen LogP contribution is 2.26. The largest absolute Gasteiger partial charge is 0.385 e. The standard InChI is InChI=1S/C9H18F2N2O2/c1-4(2)6(12)8(15)9(10,11)7(13)5(3)14/h4,6-8,15H,12-13H2,1-3H3. The van der Waals surface area contributed by atoms with Gasteiger partial charge < -0.3 is 16.6 Å². The molecule has 0 fully saturated rings. The first-order valence-corrected chi connectivity index (χ1v) is 4.69. The van der Waals surface area contributed by atoms with E-state index in [0.717, 1.165) is 6.92 Å². The van der Waals surface area contributed by atoms with Crippen molar-refractivity contribution in [3.8, 4) is 0 Å². The molecular weight excluding hydrogens is 206 g/mol. The van der Waals surface area contributed by atoms with Gasteiger partial charge in [0.05, 0.1) is 0 Å².